The van der Waals surface area contributed by atoms with Crippen LogP contribution in [0.2, 0.25) is 5.02 Å². The first-order valence-electron chi connectivity index (χ1n) is 10.3. The Labute approximate surface area is 182 Å². The van der Waals surface area contributed by atoms with Gasteiger partial charge in [0.05, 0.1) is 5.56 Å². The van der Waals surface area contributed by atoms with Crippen LogP contribution in [-0.4, -0.2) is 43.0 Å². The van der Waals surface area contributed by atoms with Crippen LogP contribution in [0.15, 0.2) is 36.4 Å². The monoisotopic (exact) mass is 424 g/mol. The van der Waals surface area contributed by atoms with Gasteiger partial charge in [-0.25, -0.2) is 0 Å². The molecule has 158 valence electrons. The topological polar surface area (TPSA) is 60.2 Å². The maximum Gasteiger partial charge on any atom is 0.252 e. The summed E-state index contributed by atoms with van der Waals surface area (Å²) in [5.74, 6) is -0.0635. The molecule has 4 rings (SSSR count). The minimum Gasteiger partial charge on any atom is -0.355 e. The van der Waals surface area contributed by atoms with Gasteiger partial charge in [-0.1, -0.05) is 37.6 Å². The van der Waals surface area contributed by atoms with Crippen molar-refractivity contribution in [2.45, 2.75) is 26.9 Å². The van der Waals surface area contributed by atoms with Gasteiger partial charge in [-0.05, 0) is 49.3 Å². The number of carbonyl (C=O) groups is 1. The van der Waals surface area contributed by atoms with Gasteiger partial charge in [0.15, 0.2) is 0 Å². The average Bonchev–Trinajstić information content (AvgIpc) is 3.25. The lowest BCUT2D eigenvalue weighted by molar-refractivity contribution is 0.0966. The summed E-state index contributed by atoms with van der Waals surface area (Å²) in [4.78, 5) is 18.0. The molecule has 0 saturated carbocycles. The molecule has 2 aromatic carbocycles. The molecule has 5 nitrogen and oxygen atoms in total. The second kappa shape index (κ2) is 8.06. The summed E-state index contributed by atoms with van der Waals surface area (Å²) in [6.45, 7) is 7.87. The number of hydrogen-bond donors (Lipinski definition) is 3. The van der Waals surface area contributed by atoms with Crippen LogP contribution < -0.4 is 10.6 Å². The van der Waals surface area contributed by atoms with Gasteiger partial charge in [-0.3, -0.25) is 4.79 Å². The van der Waals surface area contributed by atoms with E-state index in [2.05, 4.69) is 72.7 Å². The summed E-state index contributed by atoms with van der Waals surface area (Å²) in [6, 6.07) is 12.4. The molecule has 1 aromatic heterocycles. The van der Waals surface area contributed by atoms with E-state index in [-0.39, 0.29) is 11.3 Å². The third-order valence-corrected chi connectivity index (χ3v) is 5.91. The zero-order valence-corrected chi connectivity index (χ0v) is 18.8. The van der Waals surface area contributed by atoms with Crippen LogP contribution in [-0.2, 0) is 13.1 Å². The highest BCUT2D eigenvalue weighted by atomic mass is 35.5. The van der Waals surface area contributed by atoms with Crippen LogP contribution in [0.1, 0.15) is 35.3 Å². The predicted octanol–water partition coefficient (Wildman–Crippen LogP) is 4.41. The molecule has 30 heavy (non-hydrogen) atoms. The lowest BCUT2D eigenvalue weighted by Gasteiger charge is -2.28. The van der Waals surface area contributed by atoms with Crippen LogP contribution in [0.25, 0.3) is 22.2 Å². The minimum absolute atomic E-state index is 0.0635. The smallest absolute Gasteiger partial charge is 0.252 e. The number of carbonyl (C=O) groups excluding carboxylic acids is 1. The standard InChI is InChI=1S/C24H29ClN4O/c1-24(2,14-29(3)4)13-26-11-15-5-8-20-16(9-15)10-21(28-20)17-6-7-19(25)18-12-27-23(30)22(17)18/h5-10,26,28H,11-14H2,1-4H3,(H,27,30). The molecule has 0 spiro atoms. The summed E-state index contributed by atoms with van der Waals surface area (Å²) in [5, 5.41) is 8.24. The zero-order valence-electron chi connectivity index (χ0n) is 18.0. The number of halogens is 1. The van der Waals surface area contributed by atoms with Crippen molar-refractivity contribution in [3.05, 3.63) is 58.1 Å². The van der Waals surface area contributed by atoms with Gasteiger partial charge in [-0.15, -0.1) is 0 Å². The van der Waals surface area contributed by atoms with Crippen molar-refractivity contribution >= 4 is 28.4 Å². The van der Waals surface area contributed by atoms with E-state index in [9.17, 15) is 4.79 Å². The van der Waals surface area contributed by atoms with E-state index in [0.717, 1.165) is 47.4 Å². The van der Waals surface area contributed by atoms with Gasteiger partial charge in [0.25, 0.3) is 5.91 Å². The van der Waals surface area contributed by atoms with Crippen molar-refractivity contribution in [2.24, 2.45) is 5.41 Å². The van der Waals surface area contributed by atoms with Crippen molar-refractivity contribution in [2.75, 3.05) is 27.2 Å². The lowest BCUT2D eigenvalue weighted by Crippen LogP contribution is -2.37. The van der Waals surface area contributed by atoms with E-state index in [1.807, 2.05) is 12.1 Å². The normalized spacial score (nSPS) is 13.9. The number of benzene rings is 2. The highest BCUT2D eigenvalue weighted by molar-refractivity contribution is 6.32. The minimum atomic E-state index is -0.0635. The first-order valence-corrected chi connectivity index (χ1v) is 10.7. The third kappa shape index (κ3) is 4.24. The van der Waals surface area contributed by atoms with Crippen molar-refractivity contribution in [1.82, 2.24) is 20.5 Å². The van der Waals surface area contributed by atoms with Crippen molar-refractivity contribution in [3.63, 3.8) is 0 Å². The summed E-state index contributed by atoms with van der Waals surface area (Å²) < 4.78 is 0. The second-order valence-corrected chi connectivity index (χ2v) is 9.65. The number of aromatic amines is 1. The number of rotatable bonds is 7. The van der Waals surface area contributed by atoms with Gasteiger partial charge < -0.3 is 20.5 Å². The fourth-order valence-corrected chi connectivity index (χ4v) is 4.65. The Morgan fingerprint density at radius 2 is 1.97 bits per heavy atom. The van der Waals surface area contributed by atoms with Crippen molar-refractivity contribution < 1.29 is 4.79 Å². The molecule has 0 aliphatic carbocycles. The number of hydrogen-bond acceptors (Lipinski definition) is 3. The number of H-pyrrole nitrogens is 1. The van der Waals surface area contributed by atoms with Gasteiger partial charge in [0.1, 0.15) is 0 Å². The second-order valence-electron chi connectivity index (χ2n) is 9.24. The molecule has 3 N–H and O–H groups in total. The summed E-state index contributed by atoms with van der Waals surface area (Å²) in [7, 11) is 4.22. The predicted molar refractivity (Wildman–Crippen MR) is 124 cm³/mol. The number of amides is 1. The molecule has 0 saturated heterocycles. The first-order chi connectivity index (χ1) is 14.2. The van der Waals surface area contributed by atoms with Crippen LogP contribution in [0.3, 0.4) is 0 Å². The van der Waals surface area contributed by atoms with E-state index >= 15 is 0 Å². The molecule has 1 aliphatic rings. The molecular formula is C24H29ClN4O. The maximum atomic E-state index is 12.4. The Balaban J connectivity index is 1.54. The van der Waals surface area contributed by atoms with Crippen LogP contribution in [0.4, 0.5) is 0 Å². The van der Waals surface area contributed by atoms with E-state index in [1.54, 1.807) is 0 Å². The average molecular weight is 425 g/mol. The highest BCUT2D eigenvalue weighted by Gasteiger charge is 2.26. The van der Waals surface area contributed by atoms with Gasteiger partial charge in [0.2, 0.25) is 0 Å². The lowest BCUT2D eigenvalue weighted by atomic mass is 9.93. The van der Waals surface area contributed by atoms with Crippen LogP contribution >= 0.6 is 11.6 Å². The molecule has 0 bridgehead atoms. The molecule has 1 aliphatic heterocycles. The molecule has 6 heteroatoms. The summed E-state index contributed by atoms with van der Waals surface area (Å²) >= 11 is 6.29. The molecule has 0 radical (unpaired) electrons. The molecule has 0 fully saturated rings. The Kier molecular flexibility index (Phi) is 5.62. The summed E-state index contributed by atoms with van der Waals surface area (Å²) in [6.07, 6.45) is 0. The molecule has 3 aromatic rings. The van der Waals surface area contributed by atoms with E-state index in [4.69, 9.17) is 11.6 Å². The third-order valence-electron chi connectivity index (χ3n) is 5.56. The molecule has 1 amide bonds. The van der Waals surface area contributed by atoms with Gasteiger partial charge >= 0.3 is 0 Å². The molecule has 0 atom stereocenters. The largest absolute Gasteiger partial charge is 0.355 e. The Bertz CT molecular complexity index is 1100. The van der Waals surface area contributed by atoms with Crippen LogP contribution in [0.5, 0.6) is 0 Å². The first kappa shape index (κ1) is 20.9. The fourth-order valence-electron chi connectivity index (χ4n) is 4.43. The number of fused-ring (bicyclic) bond motifs is 2. The number of aromatic nitrogens is 1. The van der Waals surface area contributed by atoms with Crippen molar-refractivity contribution in [3.8, 4) is 11.3 Å². The Morgan fingerprint density at radius 3 is 2.73 bits per heavy atom. The maximum absolute atomic E-state index is 12.4. The van der Waals surface area contributed by atoms with Crippen LogP contribution in [0, 0.1) is 5.41 Å². The van der Waals surface area contributed by atoms with Crippen molar-refractivity contribution in [1.29, 1.82) is 0 Å². The van der Waals surface area contributed by atoms with Gasteiger partial charge in [-0.2, -0.15) is 0 Å². The van der Waals surface area contributed by atoms with Gasteiger partial charge in [0, 0.05) is 58.9 Å². The molecule has 2 heterocycles. The molecule has 0 unspecified atom stereocenters. The number of nitrogens with zero attached hydrogens (tertiary/aromatic N) is 1. The summed E-state index contributed by atoms with van der Waals surface area (Å²) in [5.41, 5.74) is 5.90. The van der Waals surface area contributed by atoms with E-state index in [1.165, 1.54) is 5.56 Å². The SMILES string of the molecule is CN(C)CC(C)(C)CNCc1ccc2[nH]c(-c3ccc(Cl)c4c3C(=O)NC4)cc2c1. The quantitative estimate of drug-likeness (QED) is 0.526. The Morgan fingerprint density at radius 1 is 1.17 bits per heavy atom. The number of nitrogens with one attached hydrogen (secondary N) is 3. The Hall–Kier alpha value is -2.34. The highest BCUT2D eigenvalue weighted by Crippen LogP contribution is 2.34. The zero-order chi connectivity index (χ0) is 21.5. The fraction of sp³-hybridized carbons (Fsp3) is 0.375. The van der Waals surface area contributed by atoms with E-state index < -0.39 is 0 Å². The van der Waals surface area contributed by atoms with E-state index in [0.29, 0.717) is 17.1 Å². The molecular weight excluding hydrogens is 396 g/mol.